The number of esters is 1. The van der Waals surface area contributed by atoms with E-state index in [1.54, 1.807) is 0 Å². The Kier molecular flexibility index (Phi) is 7.28. The Morgan fingerprint density at radius 3 is 2.05 bits per heavy atom. The molecule has 0 aliphatic heterocycles. The standard InChI is InChI=1S/C30H38N4O4/c1-16-11-18(3)26(36)23(13-16)22(24-14-17(2)12-19(4)27(24)37)9-10-25(35)38-15-30(7,8)29-32-31-28-20(5)21(6)33-34(28)29/h11-14,22,33,36-37H,9-10,15H2,1-8H3. The third kappa shape index (κ3) is 5.12. The highest BCUT2D eigenvalue weighted by molar-refractivity contribution is 5.70. The van der Waals surface area contributed by atoms with Crippen LogP contribution in [0, 0.1) is 41.5 Å². The number of phenolic OH excluding ortho intramolecular Hbond substituents is 2. The van der Waals surface area contributed by atoms with Gasteiger partial charge in [-0.05, 0) is 72.9 Å². The molecule has 0 atom stereocenters. The fraction of sp³-hybridized carbons (Fsp3) is 0.433. The third-order valence-corrected chi connectivity index (χ3v) is 7.38. The van der Waals surface area contributed by atoms with E-state index in [1.165, 1.54) is 0 Å². The first-order valence-corrected chi connectivity index (χ1v) is 13.0. The largest absolute Gasteiger partial charge is 0.507 e. The first-order valence-electron chi connectivity index (χ1n) is 13.0. The highest BCUT2D eigenvalue weighted by Gasteiger charge is 2.31. The number of carbonyl (C=O) groups excluding carboxylic acids is 1. The number of hydrogen-bond donors (Lipinski definition) is 3. The Balaban J connectivity index is 1.55. The van der Waals surface area contributed by atoms with E-state index in [2.05, 4.69) is 15.3 Å². The van der Waals surface area contributed by atoms with Gasteiger partial charge in [-0.1, -0.05) is 35.4 Å². The molecule has 0 fully saturated rings. The van der Waals surface area contributed by atoms with Gasteiger partial charge in [-0.2, -0.15) is 0 Å². The van der Waals surface area contributed by atoms with E-state index in [1.807, 2.05) is 84.2 Å². The number of rotatable bonds is 8. The Morgan fingerprint density at radius 2 is 1.50 bits per heavy atom. The molecule has 0 unspecified atom stereocenters. The van der Waals surface area contributed by atoms with Crippen molar-refractivity contribution in [3.8, 4) is 11.5 Å². The number of benzene rings is 2. The molecule has 8 heteroatoms. The van der Waals surface area contributed by atoms with Gasteiger partial charge in [-0.3, -0.25) is 9.89 Å². The predicted molar refractivity (Wildman–Crippen MR) is 147 cm³/mol. The van der Waals surface area contributed by atoms with Crippen molar-refractivity contribution in [2.75, 3.05) is 6.61 Å². The highest BCUT2D eigenvalue weighted by atomic mass is 16.5. The van der Waals surface area contributed by atoms with Gasteiger partial charge in [0.25, 0.3) is 0 Å². The monoisotopic (exact) mass is 518 g/mol. The molecule has 0 aliphatic carbocycles. The smallest absolute Gasteiger partial charge is 0.305 e. The van der Waals surface area contributed by atoms with Crippen LogP contribution in [0.2, 0.25) is 0 Å². The molecular weight excluding hydrogens is 480 g/mol. The molecule has 2 aromatic carbocycles. The van der Waals surface area contributed by atoms with Gasteiger partial charge in [-0.25, -0.2) is 4.52 Å². The molecular formula is C30H38N4O4. The van der Waals surface area contributed by atoms with Crippen LogP contribution < -0.4 is 0 Å². The molecule has 0 saturated carbocycles. The average Bonchev–Trinajstić information content (AvgIpc) is 3.38. The molecule has 3 N–H and O–H groups in total. The zero-order valence-corrected chi connectivity index (χ0v) is 23.6. The fourth-order valence-corrected chi connectivity index (χ4v) is 5.15. The lowest BCUT2D eigenvalue weighted by molar-refractivity contribution is -0.145. The Morgan fingerprint density at radius 1 is 0.947 bits per heavy atom. The number of phenols is 2. The van der Waals surface area contributed by atoms with Crippen molar-refractivity contribution in [1.82, 2.24) is 19.8 Å². The topological polar surface area (TPSA) is 113 Å². The number of nitrogens with zero attached hydrogens (tertiary/aromatic N) is 3. The van der Waals surface area contributed by atoms with Crippen molar-refractivity contribution < 1.29 is 19.7 Å². The summed E-state index contributed by atoms with van der Waals surface area (Å²) in [6.45, 7) is 15.7. The maximum Gasteiger partial charge on any atom is 0.305 e. The van der Waals surface area contributed by atoms with Gasteiger partial charge in [0, 0.05) is 34.7 Å². The van der Waals surface area contributed by atoms with Gasteiger partial charge >= 0.3 is 5.97 Å². The van der Waals surface area contributed by atoms with Crippen molar-refractivity contribution in [1.29, 1.82) is 0 Å². The van der Waals surface area contributed by atoms with Gasteiger partial charge in [0.1, 0.15) is 18.1 Å². The first-order chi connectivity index (χ1) is 17.8. The molecule has 2 heterocycles. The van der Waals surface area contributed by atoms with Crippen LogP contribution in [0.4, 0.5) is 0 Å². The molecule has 0 radical (unpaired) electrons. The van der Waals surface area contributed by atoms with Crippen LogP contribution in [0.1, 0.15) is 83.1 Å². The Hall–Kier alpha value is -3.81. The number of nitrogens with one attached hydrogen (secondary N) is 1. The molecule has 0 amide bonds. The van der Waals surface area contributed by atoms with E-state index >= 15 is 0 Å². The minimum absolute atomic E-state index is 0.121. The molecule has 202 valence electrons. The van der Waals surface area contributed by atoms with Gasteiger partial charge in [-0.15, -0.1) is 10.2 Å². The summed E-state index contributed by atoms with van der Waals surface area (Å²) in [5.41, 5.74) is 7.15. The van der Waals surface area contributed by atoms with Crippen molar-refractivity contribution >= 4 is 11.6 Å². The maximum absolute atomic E-state index is 13.0. The number of aromatic hydroxyl groups is 2. The van der Waals surface area contributed by atoms with E-state index in [0.29, 0.717) is 23.4 Å². The van der Waals surface area contributed by atoms with Crippen LogP contribution in [0.25, 0.3) is 5.65 Å². The minimum atomic E-state index is -0.573. The summed E-state index contributed by atoms with van der Waals surface area (Å²) < 4.78 is 7.58. The second kappa shape index (κ2) is 10.2. The summed E-state index contributed by atoms with van der Waals surface area (Å²) in [6, 6.07) is 7.69. The number of hydrogen-bond acceptors (Lipinski definition) is 6. The first kappa shape index (κ1) is 27.2. The Labute approximate surface area is 223 Å². The van der Waals surface area contributed by atoms with Crippen LogP contribution >= 0.6 is 0 Å². The number of aryl methyl sites for hydroxylation is 6. The lowest BCUT2D eigenvalue weighted by Gasteiger charge is -2.24. The normalized spacial score (nSPS) is 12.0. The molecule has 0 spiro atoms. The summed E-state index contributed by atoms with van der Waals surface area (Å²) in [7, 11) is 0. The molecule has 38 heavy (non-hydrogen) atoms. The van der Waals surface area contributed by atoms with Crippen molar-refractivity contribution in [3.63, 3.8) is 0 Å². The van der Waals surface area contributed by atoms with Crippen molar-refractivity contribution in [3.05, 3.63) is 74.7 Å². The molecule has 4 aromatic rings. The zero-order valence-electron chi connectivity index (χ0n) is 23.6. The molecule has 2 aromatic heterocycles. The van der Waals surface area contributed by atoms with E-state index in [9.17, 15) is 15.0 Å². The SMILES string of the molecule is Cc1cc(C)c(O)c(C(CCC(=O)OCC(C)(C)c2nnc3c(C)c(C)[nH]n23)c2cc(C)cc(C)c2O)c1. The second-order valence-corrected chi connectivity index (χ2v) is 11.2. The van der Waals surface area contributed by atoms with E-state index < -0.39 is 5.41 Å². The van der Waals surface area contributed by atoms with Crippen LogP contribution in [0.5, 0.6) is 11.5 Å². The number of ether oxygens (including phenoxy) is 1. The highest BCUT2D eigenvalue weighted by Crippen LogP contribution is 2.42. The number of H-pyrrole nitrogens is 1. The zero-order chi connectivity index (χ0) is 27.9. The molecule has 0 bridgehead atoms. The van der Waals surface area contributed by atoms with Crippen LogP contribution in [0.15, 0.2) is 24.3 Å². The number of carbonyl (C=O) groups is 1. The van der Waals surface area contributed by atoms with Crippen LogP contribution in [0.3, 0.4) is 0 Å². The summed E-state index contributed by atoms with van der Waals surface area (Å²) in [4.78, 5) is 13.0. The average molecular weight is 519 g/mol. The molecule has 0 saturated heterocycles. The summed E-state index contributed by atoms with van der Waals surface area (Å²) in [5, 5.41) is 33.8. The lowest BCUT2D eigenvalue weighted by atomic mass is 9.83. The van der Waals surface area contributed by atoms with E-state index in [0.717, 1.165) is 39.2 Å². The fourth-order valence-electron chi connectivity index (χ4n) is 5.15. The third-order valence-electron chi connectivity index (χ3n) is 7.38. The maximum atomic E-state index is 13.0. The van der Waals surface area contributed by atoms with Crippen LogP contribution in [-0.2, 0) is 14.9 Å². The van der Waals surface area contributed by atoms with Crippen LogP contribution in [-0.4, -0.2) is 42.6 Å². The van der Waals surface area contributed by atoms with Crippen molar-refractivity contribution in [2.24, 2.45) is 0 Å². The molecule has 4 rings (SSSR count). The van der Waals surface area contributed by atoms with Gasteiger partial charge in [0.05, 0.1) is 5.41 Å². The summed E-state index contributed by atoms with van der Waals surface area (Å²) in [6.07, 6.45) is 0.492. The number of aromatic amines is 1. The lowest BCUT2D eigenvalue weighted by Crippen LogP contribution is -2.29. The van der Waals surface area contributed by atoms with Gasteiger partial charge in [0.2, 0.25) is 0 Å². The number of fused-ring (bicyclic) bond motifs is 1. The Bertz CT molecular complexity index is 1460. The second-order valence-electron chi connectivity index (χ2n) is 11.2. The summed E-state index contributed by atoms with van der Waals surface area (Å²) in [5.74, 6) is 0.320. The van der Waals surface area contributed by atoms with Gasteiger partial charge < -0.3 is 14.9 Å². The van der Waals surface area contributed by atoms with E-state index in [4.69, 9.17) is 4.74 Å². The molecule has 0 aliphatic rings. The quantitative estimate of drug-likeness (QED) is 0.256. The van der Waals surface area contributed by atoms with E-state index in [-0.39, 0.29) is 36.4 Å². The minimum Gasteiger partial charge on any atom is -0.507 e. The van der Waals surface area contributed by atoms with Gasteiger partial charge in [0.15, 0.2) is 11.5 Å². The summed E-state index contributed by atoms with van der Waals surface area (Å²) >= 11 is 0. The predicted octanol–water partition coefficient (Wildman–Crippen LogP) is 5.75. The van der Waals surface area contributed by atoms with Crippen molar-refractivity contribution in [2.45, 2.75) is 79.6 Å². The molecule has 8 nitrogen and oxygen atoms in total. The number of aromatic nitrogens is 4.